The Labute approximate surface area is 139 Å². The van der Waals surface area contributed by atoms with E-state index < -0.39 is 5.97 Å². The molecule has 2 aromatic carbocycles. The Morgan fingerprint density at radius 3 is 2.62 bits per heavy atom. The van der Waals surface area contributed by atoms with Crippen LogP contribution in [0.4, 0.5) is 11.9 Å². The standard InChI is InChI=1S/C17H17N5O2/c1-22(2)17-20-14(19-16(18)21-17)10-24-15(23)13-9-5-7-11-6-3-4-8-12(11)13/h3-9H,10H2,1-2H3,(H2,18,19,20,21). The van der Waals surface area contributed by atoms with Crippen LogP contribution in [-0.4, -0.2) is 35.0 Å². The van der Waals surface area contributed by atoms with Gasteiger partial charge in [0, 0.05) is 14.1 Å². The first-order valence-corrected chi connectivity index (χ1v) is 7.37. The summed E-state index contributed by atoms with van der Waals surface area (Å²) in [5.74, 6) is 0.376. The van der Waals surface area contributed by atoms with Gasteiger partial charge in [-0.3, -0.25) is 0 Å². The van der Waals surface area contributed by atoms with E-state index in [2.05, 4.69) is 15.0 Å². The van der Waals surface area contributed by atoms with Crippen molar-refractivity contribution in [3.8, 4) is 0 Å². The second kappa shape index (κ2) is 6.49. The van der Waals surface area contributed by atoms with Gasteiger partial charge >= 0.3 is 5.97 Å². The van der Waals surface area contributed by atoms with Crippen LogP contribution in [0, 0.1) is 0 Å². The minimum atomic E-state index is -0.433. The van der Waals surface area contributed by atoms with Crippen molar-refractivity contribution in [2.75, 3.05) is 24.7 Å². The molecule has 0 saturated carbocycles. The highest BCUT2D eigenvalue weighted by atomic mass is 16.5. The second-order valence-corrected chi connectivity index (χ2v) is 5.41. The zero-order chi connectivity index (χ0) is 17.1. The molecule has 0 amide bonds. The van der Waals surface area contributed by atoms with Crippen LogP contribution < -0.4 is 10.6 Å². The number of benzene rings is 2. The number of fused-ring (bicyclic) bond motifs is 1. The summed E-state index contributed by atoms with van der Waals surface area (Å²) in [6.07, 6.45) is 0. The lowest BCUT2D eigenvalue weighted by Crippen LogP contribution is -2.17. The van der Waals surface area contributed by atoms with Crippen molar-refractivity contribution < 1.29 is 9.53 Å². The highest BCUT2D eigenvalue weighted by Gasteiger charge is 2.13. The molecule has 122 valence electrons. The predicted molar refractivity (Wildman–Crippen MR) is 91.6 cm³/mol. The molecule has 3 aromatic rings. The zero-order valence-corrected chi connectivity index (χ0v) is 13.4. The third-order valence-electron chi connectivity index (χ3n) is 3.43. The number of carbonyl (C=O) groups is 1. The molecule has 0 fully saturated rings. The minimum absolute atomic E-state index is 0.0738. The van der Waals surface area contributed by atoms with E-state index in [1.807, 2.05) is 36.4 Å². The Morgan fingerprint density at radius 2 is 1.83 bits per heavy atom. The number of rotatable bonds is 4. The Morgan fingerprint density at radius 1 is 1.08 bits per heavy atom. The summed E-state index contributed by atoms with van der Waals surface area (Å²) in [5, 5.41) is 1.82. The van der Waals surface area contributed by atoms with Crippen molar-refractivity contribution >= 4 is 28.6 Å². The lowest BCUT2D eigenvalue weighted by Gasteiger charge is -2.12. The normalized spacial score (nSPS) is 10.6. The van der Waals surface area contributed by atoms with Gasteiger partial charge < -0.3 is 15.4 Å². The summed E-state index contributed by atoms with van der Waals surface area (Å²) in [6, 6.07) is 13.1. The van der Waals surface area contributed by atoms with Crippen molar-refractivity contribution in [3.63, 3.8) is 0 Å². The average Bonchev–Trinajstić information content (AvgIpc) is 2.58. The number of nitrogens with two attached hydrogens (primary N) is 1. The lowest BCUT2D eigenvalue weighted by atomic mass is 10.1. The van der Waals surface area contributed by atoms with Crippen LogP contribution in [0.15, 0.2) is 42.5 Å². The molecule has 0 aliphatic rings. The Hall–Kier alpha value is -3.22. The van der Waals surface area contributed by atoms with E-state index in [-0.39, 0.29) is 12.6 Å². The fraction of sp³-hybridized carbons (Fsp3) is 0.176. The van der Waals surface area contributed by atoms with Gasteiger partial charge in [0.25, 0.3) is 0 Å². The molecule has 0 spiro atoms. The van der Waals surface area contributed by atoms with Crippen LogP contribution in [-0.2, 0) is 11.3 Å². The minimum Gasteiger partial charge on any atom is -0.454 e. The SMILES string of the molecule is CN(C)c1nc(N)nc(COC(=O)c2cccc3ccccc23)n1. The molecule has 7 nitrogen and oxygen atoms in total. The van der Waals surface area contributed by atoms with E-state index in [0.29, 0.717) is 17.3 Å². The van der Waals surface area contributed by atoms with E-state index in [0.717, 1.165) is 10.8 Å². The summed E-state index contributed by atoms with van der Waals surface area (Å²) in [6.45, 7) is -0.0738. The van der Waals surface area contributed by atoms with Crippen LogP contribution in [0.1, 0.15) is 16.2 Å². The third kappa shape index (κ3) is 3.24. The average molecular weight is 323 g/mol. The van der Waals surface area contributed by atoms with E-state index >= 15 is 0 Å². The molecule has 7 heteroatoms. The number of nitrogens with zero attached hydrogens (tertiary/aromatic N) is 4. The van der Waals surface area contributed by atoms with Crippen LogP contribution in [0.2, 0.25) is 0 Å². The van der Waals surface area contributed by atoms with Gasteiger partial charge in [0.2, 0.25) is 11.9 Å². The maximum Gasteiger partial charge on any atom is 0.339 e. The van der Waals surface area contributed by atoms with Gasteiger partial charge in [0.15, 0.2) is 12.4 Å². The molecule has 0 radical (unpaired) electrons. The largest absolute Gasteiger partial charge is 0.454 e. The van der Waals surface area contributed by atoms with Crippen molar-refractivity contribution in [2.45, 2.75) is 6.61 Å². The molecule has 0 bridgehead atoms. The molecule has 3 rings (SSSR count). The van der Waals surface area contributed by atoms with E-state index in [1.54, 1.807) is 25.1 Å². The summed E-state index contributed by atoms with van der Waals surface area (Å²) in [7, 11) is 3.58. The first-order chi connectivity index (χ1) is 11.5. The zero-order valence-electron chi connectivity index (χ0n) is 13.4. The van der Waals surface area contributed by atoms with Gasteiger partial charge in [-0.25, -0.2) is 4.79 Å². The summed E-state index contributed by atoms with van der Waals surface area (Å²) < 4.78 is 5.35. The highest BCUT2D eigenvalue weighted by molar-refractivity contribution is 6.04. The number of anilines is 2. The Kier molecular flexibility index (Phi) is 4.24. The highest BCUT2D eigenvalue weighted by Crippen LogP contribution is 2.19. The maximum atomic E-state index is 12.4. The molecule has 0 saturated heterocycles. The smallest absolute Gasteiger partial charge is 0.339 e. The number of nitrogen functional groups attached to an aromatic ring is 1. The summed E-state index contributed by atoms with van der Waals surface area (Å²) >= 11 is 0. The summed E-state index contributed by atoms with van der Waals surface area (Å²) in [4.78, 5) is 26.3. The molecular weight excluding hydrogens is 306 g/mol. The third-order valence-corrected chi connectivity index (χ3v) is 3.43. The van der Waals surface area contributed by atoms with Gasteiger partial charge in [-0.1, -0.05) is 36.4 Å². The van der Waals surface area contributed by atoms with Crippen molar-refractivity contribution in [2.24, 2.45) is 0 Å². The number of hydrogen-bond donors (Lipinski definition) is 1. The quantitative estimate of drug-likeness (QED) is 0.734. The van der Waals surface area contributed by atoms with Crippen LogP contribution in [0.3, 0.4) is 0 Å². The molecule has 0 aliphatic carbocycles. The van der Waals surface area contributed by atoms with Gasteiger partial charge in [0.1, 0.15) is 0 Å². The van der Waals surface area contributed by atoms with Gasteiger partial charge in [0.05, 0.1) is 5.56 Å². The molecule has 0 atom stereocenters. The van der Waals surface area contributed by atoms with Crippen LogP contribution >= 0.6 is 0 Å². The number of hydrogen-bond acceptors (Lipinski definition) is 7. The lowest BCUT2D eigenvalue weighted by molar-refractivity contribution is 0.0464. The number of carbonyl (C=O) groups excluding carboxylic acids is 1. The molecule has 0 aliphatic heterocycles. The Bertz CT molecular complexity index is 890. The van der Waals surface area contributed by atoms with Crippen molar-refractivity contribution in [1.82, 2.24) is 15.0 Å². The molecule has 0 unspecified atom stereocenters. The first-order valence-electron chi connectivity index (χ1n) is 7.37. The molecule has 2 N–H and O–H groups in total. The van der Waals surface area contributed by atoms with E-state index in [1.165, 1.54) is 0 Å². The Balaban J connectivity index is 1.80. The van der Waals surface area contributed by atoms with Crippen molar-refractivity contribution in [1.29, 1.82) is 0 Å². The molecule has 24 heavy (non-hydrogen) atoms. The monoisotopic (exact) mass is 323 g/mol. The summed E-state index contributed by atoms with van der Waals surface area (Å²) in [5.41, 5.74) is 6.16. The van der Waals surface area contributed by atoms with Gasteiger partial charge in [-0.05, 0) is 16.8 Å². The second-order valence-electron chi connectivity index (χ2n) is 5.41. The predicted octanol–water partition coefficient (Wildman–Crippen LogP) is 2.03. The van der Waals surface area contributed by atoms with Crippen molar-refractivity contribution in [3.05, 3.63) is 53.9 Å². The number of ether oxygens (including phenoxy) is 1. The fourth-order valence-electron chi connectivity index (χ4n) is 2.30. The fourth-order valence-corrected chi connectivity index (χ4v) is 2.30. The van der Waals surface area contributed by atoms with Gasteiger partial charge in [-0.15, -0.1) is 0 Å². The first kappa shape index (κ1) is 15.7. The maximum absolute atomic E-state index is 12.4. The van der Waals surface area contributed by atoms with Gasteiger partial charge in [-0.2, -0.15) is 15.0 Å². The topological polar surface area (TPSA) is 94.2 Å². The molecule has 1 aromatic heterocycles. The van der Waals surface area contributed by atoms with E-state index in [4.69, 9.17) is 10.5 Å². The number of aromatic nitrogens is 3. The molecule has 1 heterocycles. The molecular formula is C17H17N5O2. The van der Waals surface area contributed by atoms with Crippen LogP contribution in [0.5, 0.6) is 0 Å². The van der Waals surface area contributed by atoms with Crippen LogP contribution in [0.25, 0.3) is 10.8 Å². The van der Waals surface area contributed by atoms with E-state index in [9.17, 15) is 4.79 Å². The number of esters is 1.